The highest BCUT2D eigenvalue weighted by atomic mass is 16.5. The van der Waals surface area contributed by atoms with Gasteiger partial charge in [-0.15, -0.1) is 0 Å². The summed E-state index contributed by atoms with van der Waals surface area (Å²) in [5.41, 5.74) is 4.82. The van der Waals surface area contributed by atoms with Crippen LogP contribution in [-0.4, -0.2) is 37.7 Å². The van der Waals surface area contributed by atoms with Crippen LogP contribution < -0.4 is 5.73 Å². The van der Waals surface area contributed by atoms with Crippen molar-refractivity contribution in [2.45, 2.75) is 37.8 Å². The van der Waals surface area contributed by atoms with Gasteiger partial charge >= 0.3 is 0 Å². The van der Waals surface area contributed by atoms with Crippen LogP contribution in [0.2, 0.25) is 0 Å². The van der Waals surface area contributed by atoms with Gasteiger partial charge in [-0.2, -0.15) is 0 Å². The molecule has 2 unspecified atom stereocenters. The average Bonchev–Trinajstić information content (AvgIpc) is 2.18. The van der Waals surface area contributed by atoms with Crippen LogP contribution in [0.3, 0.4) is 0 Å². The molecule has 0 saturated carbocycles. The van der Waals surface area contributed by atoms with E-state index in [4.69, 9.17) is 15.2 Å². The summed E-state index contributed by atoms with van der Waals surface area (Å²) in [7, 11) is 1.58. The Morgan fingerprint density at radius 2 is 2.36 bits per heavy atom. The largest absolute Gasteiger partial charge is 0.381 e. The van der Waals surface area contributed by atoms with Gasteiger partial charge in [-0.05, 0) is 26.2 Å². The van der Waals surface area contributed by atoms with E-state index in [9.17, 15) is 4.79 Å². The van der Waals surface area contributed by atoms with Crippen LogP contribution in [0, 0.1) is 0 Å². The molecule has 1 fully saturated rings. The van der Waals surface area contributed by atoms with E-state index in [0.717, 1.165) is 19.3 Å². The first-order chi connectivity index (χ1) is 6.62. The van der Waals surface area contributed by atoms with Crippen molar-refractivity contribution >= 4 is 5.78 Å². The molecule has 0 amide bonds. The van der Waals surface area contributed by atoms with E-state index < -0.39 is 11.6 Å². The molecule has 0 bridgehead atoms. The molecule has 82 valence electrons. The lowest BCUT2D eigenvalue weighted by molar-refractivity contribution is -0.161. The van der Waals surface area contributed by atoms with Crippen LogP contribution in [0.4, 0.5) is 0 Å². The second-order valence-corrected chi connectivity index (χ2v) is 3.89. The first-order valence-corrected chi connectivity index (χ1v) is 5.05. The third-order valence-corrected chi connectivity index (χ3v) is 2.59. The molecule has 4 heteroatoms. The molecule has 1 saturated heterocycles. The van der Waals surface area contributed by atoms with Crippen molar-refractivity contribution in [3.05, 3.63) is 0 Å². The van der Waals surface area contributed by atoms with Gasteiger partial charge in [0.05, 0.1) is 12.6 Å². The second-order valence-electron chi connectivity index (χ2n) is 3.89. The van der Waals surface area contributed by atoms with Gasteiger partial charge in [-0.3, -0.25) is 4.79 Å². The van der Waals surface area contributed by atoms with E-state index in [2.05, 4.69) is 0 Å². The Bertz CT molecular complexity index is 192. The van der Waals surface area contributed by atoms with Crippen molar-refractivity contribution in [1.29, 1.82) is 0 Å². The smallest absolute Gasteiger partial charge is 0.183 e. The van der Waals surface area contributed by atoms with E-state index in [1.54, 1.807) is 14.0 Å². The molecule has 1 aliphatic heterocycles. The third kappa shape index (κ3) is 2.32. The summed E-state index contributed by atoms with van der Waals surface area (Å²) in [5, 5.41) is 0. The summed E-state index contributed by atoms with van der Waals surface area (Å²) in [6, 6.07) is -0.483. The van der Waals surface area contributed by atoms with E-state index in [-0.39, 0.29) is 5.78 Å². The van der Waals surface area contributed by atoms with Crippen LogP contribution in [0.5, 0.6) is 0 Å². The molecule has 0 radical (unpaired) electrons. The van der Waals surface area contributed by atoms with E-state index >= 15 is 0 Å². The zero-order chi connectivity index (χ0) is 10.6. The summed E-state index contributed by atoms with van der Waals surface area (Å²) >= 11 is 0. The Morgan fingerprint density at radius 3 is 2.79 bits per heavy atom. The predicted molar refractivity (Wildman–Crippen MR) is 53.1 cm³/mol. The van der Waals surface area contributed by atoms with Crippen molar-refractivity contribution in [3.63, 3.8) is 0 Å². The molecule has 0 aromatic carbocycles. The molecule has 4 nitrogen and oxygen atoms in total. The van der Waals surface area contributed by atoms with Gasteiger partial charge in [0.15, 0.2) is 11.4 Å². The normalized spacial score (nSPS) is 29.9. The number of methoxy groups -OCH3 is 1. The molecule has 14 heavy (non-hydrogen) atoms. The topological polar surface area (TPSA) is 61.5 Å². The molecule has 0 aliphatic carbocycles. The number of ether oxygens (including phenoxy) is 2. The fourth-order valence-electron chi connectivity index (χ4n) is 1.88. The summed E-state index contributed by atoms with van der Waals surface area (Å²) < 4.78 is 10.6. The minimum Gasteiger partial charge on any atom is -0.381 e. The highest BCUT2D eigenvalue weighted by Gasteiger charge is 2.42. The summed E-state index contributed by atoms with van der Waals surface area (Å²) in [4.78, 5) is 11.9. The molecule has 1 rings (SSSR count). The Kier molecular flexibility index (Phi) is 4.04. The first kappa shape index (κ1) is 11.6. The van der Waals surface area contributed by atoms with Crippen molar-refractivity contribution in [1.82, 2.24) is 0 Å². The maximum Gasteiger partial charge on any atom is 0.183 e. The van der Waals surface area contributed by atoms with Gasteiger partial charge in [-0.1, -0.05) is 0 Å². The van der Waals surface area contributed by atoms with Gasteiger partial charge in [0, 0.05) is 13.7 Å². The molecular formula is C10H19NO3. The summed E-state index contributed by atoms with van der Waals surface area (Å²) in [6.45, 7) is 2.63. The van der Waals surface area contributed by atoms with E-state index in [1.807, 2.05) is 0 Å². The van der Waals surface area contributed by atoms with Crippen molar-refractivity contribution in [3.8, 4) is 0 Å². The maximum absolute atomic E-state index is 11.9. The molecule has 2 atom stereocenters. The van der Waals surface area contributed by atoms with Crippen LogP contribution in [0.15, 0.2) is 0 Å². The number of carbonyl (C=O) groups excluding carboxylic acids is 1. The quantitative estimate of drug-likeness (QED) is 0.719. The molecule has 0 spiro atoms. The average molecular weight is 201 g/mol. The van der Waals surface area contributed by atoms with Crippen molar-refractivity contribution < 1.29 is 14.3 Å². The number of hydrogen-bond donors (Lipinski definition) is 1. The highest BCUT2D eigenvalue weighted by Crippen LogP contribution is 2.27. The number of hydrogen-bond acceptors (Lipinski definition) is 4. The van der Waals surface area contributed by atoms with Crippen LogP contribution >= 0.6 is 0 Å². The van der Waals surface area contributed by atoms with Crippen LogP contribution in [-0.2, 0) is 14.3 Å². The second kappa shape index (κ2) is 4.87. The lowest BCUT2D eigenvalue weighted by Gasteiger charge is -2.36. The van der Waals surface area contributed by atoms with Gasteiger partial charge in [0.2, 0.25) is 0 Å². The molecule has 0 aromatic rings. The minimum absolute atomic E-state index is 0.0425. The van der Waals surface area contributed by atoms with Crippen LogP contribution in [0.1, 0.15) is 26.2 Å². The standard InChI is InChI=1S/C10H19NO3/c1-8(11)9(12)10(7-13-2)5-3-4-6-14-10/h8H,3-7,11H2,1-2H3. The predicted octanol–water partition coefficient (Wildman–Crippen LogP) is 0.488. The highest BCUT2D eigenvalue weighted by molar-refractivity contribution is 5.91. The number of ketones is 1. The van der Waals surface area contributed by atoms with E-state index in [0.29, 0.717) is 13.2 Å². The maximum atomic E-state index is 11.9. The minimum atomic E-state index is -0.777. The Balaban J connectivity index is 2.74. The SMILES string of the molecule is COCC1(C(=O)C(C)N)CCCCO1. The lowest BCUT2D eigenvalue weighted by atomic mass is 9.87. The fraction of sp³-hybridized carbons (Fsp3) is 0.900. The summed E-state index contributed by atoms with van der Waals surface area (Å²) in [6.07, 6.45) is 2.74. The molecular weight excluding hydrogens is 182 g/mol. The Labute approximate surface area is 84.7 Å². The number of nitrogens with two attached hydrogens (primary N) is 1. The number of Topliss-reactive ketones (excluding diaryl/α,β-unsaturated/α-hetero) is 1. The molecule has 1 heterocycles. The monoisotopic (exact) mass is 201 g/mol. The lowest BCUT2D eigenvalue weighted by Crippen LogP contribution is -2.53. The molecule has 1 aliphatic rings. The van der Waals surface area contributed by atoms with Gasteiger partial charge in [0.25, 0.3) is 0 Å². The zero-order valence-electron chi connectivity index (χ0n) is 8.91. The van der Waals surface area contributed by atoms with Gasteiger partial charge in [0.1, 0.15) is 0 Å². The number of carbonyl (C=O) groups is 1. The Morgan fingerprint density at radius 1 is 1.64 bits per heavy atom. The van der Waals surface area contributed by atoms with Crippen molar-refractivity contribution in [2.24, 2.45) is 5.73 Å². The van der Waals surface area contributed by atoms with E-state index in [1.165, 1.54) is 0 Å². The molecule has 0 aromatic heterocycles. The number of rotatable bonds is 4. The van der Waals surface area contributed by atoms with Gasteiger partial charge < -0.3 is 15.2 Å². The Hall–Kier alpha value is -0.450. The van der Waals surface area contributed by atoms with Gasteiger partial charge in [-0.25, -0.2) is 0 Å². The van der Waals surface area contributed by atoms with Crippen molar-refractivity contribution in [2.75, 3.05) is 20.3 Å². The third-order valence-electron chi connectivity index (χ3n) is 2.59. The van der Waals surface area contributed by atoms with Crippen LogP contribution in [0.25, 0.3) is 0 Å². The molecule has 2 N–H and O–H groups in total. The zero-order valence-corrected chi connectivity index (χ0v) is 8.91. The first-order valence-electron chi connectivity index (χ1n) is 5.05. The summed E-state index contributed by atoms with van der Waals surface area (Å²) in [5.74, 6) is -0.0425. The fourth-order valence-corrected chi connectivity index (χ4v) is 1.88.